The van der Waals surface area contributed by atoms with Gasteiger partial charge in [-0.15, -0.1) is 12.4 Å². The number of ether oxygens (including phenoxy) is 1. The van der Waals surface area contributed by atoms with Crippen LogP contribution in [0.5, 0.6) is 5.75 Å². The zero-order valence-corrected chi connectivity index (χ0v) is 16.7. The molecule has 0 radical (unpaired) electrons. The van der Waals surface area contributed by atoms with Crippen molar-refractivity contribution in [3.63, 3.8) is 0 Å². The molecular formula is C18H28BrClN2O2. The Morgan fingerprint density at radius 3 is 2.54 bits per heavy atom. The van der Waals surface area contributed by atoms with E-state index in [9.17, 15) is 4.79 Å². The fourth-order valence-electron chi connectivity index (χ4n) is 2.93. The first kappa shape index (κ1) is 21.3. The third-order valence-electron chi connectivity index (χ3n) is 4.33. The monoisotopic (exact) mass is 418 g/mol. The van der Waals surface area contributed by atoms with Crippen molar-refractivity contribution in [3.05, 3.63) is 28.7 Å². The highest BCUT2D eigenvalue weighted by molar-refractivity contribution is 9.10. The minimum absolute atomic E-state index is 0. The SMILES string of the molecule is CNCC1CCN(C(=O)CCCCOc2ccc(Br)cc2)CC1.Cl. The molecule has 6 heteroatoms. The highest BCUT2D eigenvalue weighted by Crippen LogP contribution is 2.18. The van der Waals surface area contributed by atoms with E-state index in [1.807, 2.05) is 36.2 Å². The molecule has 0 aromatic heterocycles. The Kier molecular flexibility index (Phi) is 10.4. The number of hydrogen-bond donors (Lipinski definition) is 1. The molecule has 1 aliphatic heterocycles. The van der Waals surface area contributed by atoms with Gasteiger partial charge in [0.2, 0.25) is 5.91 Å². The quantitative estimate of drug-likeness (QED) is 0.650. The normalized spacial score (nSPS) is 15.0. The molecule has 0 atom stereocenters. The van der Waals surface area contributed by atoms with Gasteiger partial charge in [-0.3, -0.25) is 4.79 Å². The van der Waals surface area contributed by atoms with E-state index in [0.717, 1.165) is 61.5 Å². The molecule has 0 spiro atoms. The van der Waals surface area contributed by atoms with Gasteiger partial charge < -0.3 is 15.0 Å². The van der Waals surface area contributed by atoms with Crippen molar-refractivity contribution in [2.45, 2.75) is 32.1 Å². The summed E-state index contributed by atoms with van der Waals surface area (Å²) in [6.07, 6.45) is 4.70. The molecule has 0 aliphatic carbocycles. The third kappa shape index (κ3) is 7.41. The summed E-state index contributed by atoms with van der Waals surface area (Å²) in [6.45, 7) is 3.57. The Labute approximate surface area is 159 Å². The van der Waals surface area contributed by atoms with Gasteiger partial charge in [0.25, 0.3) is 0 Å². The predicted octanol–water partition coefficient (Wildman–Crippen LogP) is 3.88. The van der Waals surface area contributed by atoms with Crippen LogP contribution in [0.3, 0.4) is 0 Å². The van der Waals surface area contributed by atoms with Crippen LogP contribution in [-0.2, 0) is 4.79 Å². The van der Waals surface area contributed by atoms with Crippen LogP contribution < -0.4 is 10.1 Å². The summed E-state index contributed by atoms with van der Waals surface area (Å²) in [7, 11) is 1.99. The van der Waals surface area contributed by atoms with Crippen molar-refractivity contribution in [2.75, 3.05) is 33.3 Å². The van der Waals surface area contributed by atoms with E-state index in [2.05, 4.69) is 21.2 Å². The van der Waals surface area contributed by atoms with Crippen molar-refractivity contribution in [2.24, 2.45) is 5.92 Å². The molecule has 0 unspecified atom stereocenters. The summed E-state index contributed by atoms with van der Waals surface area (Å²) < 4.78 is 6.73. The fraction of sp³-hybridized carbons (Fsp3) is 0.611. The minimum Gasteiger partial charge on any atom is -0.494 e. The zero-order valence-electron chi connectivity index (χ0n) is 14.3. The summed E-state index contributed by atoms with van der Waals surface area (Å²) in [4.78, 5) is 14.2. The maximum absolute atomic E-state index is 12.2. The van der Waals surface area contributed by atoms with Crippen molar-refractivity contribution >= 4 is 34.2 Å². The molecular weight excluding hydrogens is 392 g/mol. The number of carbonyl (C=O) groups is 1. The number of unbranched alkanes of at least 4 members (excludes halogenated alkanes) is 1. The Hall–Kier alpha value is -0.780. The third-order valence-corrected chi connectivity index (χ3v) is 4.86. The van der Waals surface area contributed by atoms with Gasteiger partial charge in [0.05, 0.1) is 6.61 Å². The van der Waals surface area contributed by atoms with Crippen LogP contribution in [0.15, 0.2) is 28.7 Å². The molecule has 136 valence electrons. The van der Waals surface area contributed by atoms with Gasteiger partial charge in [-0.2, -0.15) is 0 Å². The van der Waals surface area contributed by atoms with Crippen LogP contribution in [-0.4, -0.2) is 44.1 Å². The molecule has 2 rings (SSSR count). The second kappa shape index (κ2) is 11.7. The first-order valence-electron chi connectivity index (χ1n) is 8.50. The highest BCUT2D eigenvalue weighted by atomic mass is 79.9. The lowest BCUT2D eigenvalue weighted by atomic mass is 9.96. The van der Waals surface area contributed by atoms with E-state index in [1.165, 1.54) is 0 Å². The molecule has 1 fully saturated rings. The van der Waals surface area contributed by atoms with Crippen LogP contribution in [0.25, 0.3) is 0 Å². The molecule has 1 amide bonds. The Balaban J connectivity index is 0.00000288. The Morgan fingerprint density at radius 2 is 1.92 bits per heavy atom. The topological polar surface area (TPSA) is 41.6 Å². The van der Waals surface area contributed by atoms with E-state index in [4.69, 9.17) is 4.74 Å². The lowest BCUT2D eigenvalue weighted by Gasteiger charge is -2.32. The number of nitrogens with zero attached hydrogens (tertiary/aromatic N) is 1. The van der Waals surface area contributed by atoms with Crippen molar-refractivity contribution < 1.29 is 9.53 Å². The number of nitrogens with one attached hydrogen (secondary N) is 1. The largest absolute Gasteiger partial charge is 0.494 e. The molecule has 1 N–H and O–H groups in total. The number of piperidine rings is 1. The summed E-state index contributed by atoms with van der Waals surface area (Å²) in [5.41, 5.74) is 0. The van der Waals surface area contributed by atoms with Crippen molar-refractivity contribution in [1.29, 1.82) is 0 Å². The Morgan fingerprint density at radius 1 is 1.25 bits per heavy atom. The molecule has 1 heterocycles. The van der Waals surface area contributed by atoms with Crippen LogP contribution in [0.2, 0.25) is 0 Å². The number of hydrogen-bond acceptors (Lipinski definition) is 3. The second-order valence-corrected chi connectivity index (χ2v) is 7.06. The molecule has 4 nitrogen and oxygen atoms in total. The van der Waals surface area contributed by atoms with Crippen molar-refractivity contribution in [3.8, 4) is 5.75 Å². The number of rotatable bonds is 8. The number of carbonyl (C=O) groups excluding carboxylic acids is 1. The van der Waals surface area contributed by atoms with Gasteiger partial charge >= 0.3 is 0 Å². The van der Waals surface area contributed by atoms with Gasteiger partial charge in [0.15, 0.2) is 0 Å². The van der Waals surface area contributed by atoms with E-state index < -0.39 is 0 Å². The maximum atomic E-state index is 12.2. The number of benzene rings is 1. The van der Waals surface area contributed by atoms with Gasteiger partial charge in [0.1, 0.15) is 5.75 Å². The average molecular weight is 420 g/mol. The molecule has 0 saturated carbocycles. The summed E-state index contributed by atoms with van der Waals surface area (Å²) in [5, 5.41) is 3.23. The molecule has 1 saturated heterocycles. The molecule has 1 aromatic carbocycles. The van der Waals surface area contributed by atoms with Gasteiger partial charge in [-0.1, -0.05) is 15.9 Å². The molecule has 1 aromatic rings. The highest BCUT2D eigenvalue weighted by Gasteiger charge is 2.21. The number of likely N-dealkylation sites (tertiary alicyclic amines) is 1. The summed E-state index contributed by atoms with van der Waals surface area (Å²) >= 11 is 3.40. The summed E-state index contributed by atoms with van der Waals surface area (Å²) in [5.74, 6) is 1.91. The van der Waals surface area contributed by atoms with E-state index in [0.29, 0.717) is 18.9 Å². The molecule has 24 heavy (non-hydrogen) atoms. The first-order valence-corrected chi connectivity index (χ1v) is 9.29. The van der Waals surface area contributed by atoms with Crippen LogP contribution >= 0.6 is 28.3 Å². The predicted molar refractivity (Wildman–Crippen MR) is 104 cm³/mol. The van der Waals surface area contributed by atoms with Crippen LogP contribution in [0, 0.1) is 5.92 Å². The van der Waals surface area contributed by atoms with Crippen LogP contribution in [0.1, 0.15) is 32.1 Å². The molecule has 0 bridgehead atoms. The lowest BCUT2D eigenvalue weighted by Crippen LogP contribution is -2.40. The first-order chi connectivity index (χ1) is 11.2. The minimum atomic E-state index is 0. The number of amides is 1. The van der Waals surface area contributed by atoms with Gasteiger partial charge in [-0.25, -0.2) is 0 Å². The fourth-order valence-corrected chi connectivity index (χ4v) is 3.20. The van der Waals surface area contributed by atoms with E-state index in [-0.39, 0.29) is 12.4 Å². The van der Waals surface area contributed by atoms with E-state index in [1.54, 1.807) is 0 Å². The number of halogens is 2. The zero-order chi connectivity index (χ0) is 16.5. The smallest absolute Gasteiger partial charge is 0.222 e. The maximum Gasteiger partial charge on any atom is 0.222 e. The standard InChI is InChI=1S/C18H27BrN2O2.ClH/c1-20-14-15-9-11-21(12-10-15)18(22)4-2-3-13-23-17-7-5-16(19)6-8-17;/h5-8,15,20H,2-4,9-14H2,1H3;1H. The second-order valence-electron chi connectivity index (χ2n) is 6.14. The van der Waals surface area contributed by atoms with Gasteiger partial charge in [0, 0.05) is 24.0 Å². The average Bonchev–Trinajstić information content (AvgIpc) is 2.57. The summed E-state index contributed by atoms with van der Waals surface area (Å²) in [6, 6.07) is 7.84. The Bertz CT molecular complexity index is 476. The lowest BCUT2D eigenvalue weighted by molar-refractivity contribution is -0.132. The van der Waals surface area contributed by atoms with Gasteiger partial charge in [-0.05, 0) is 69.5 Å². The van der Waals surface area contributed by atoms with Crippen molar-refractivity contribution in [1.82, 2.24) is 10.2 Å². The molecule has 1 aliphatic rings. The van der Waals surface area contributed by atoms with E-state index >= 15 is 0 Å². The van der Waals surface area contributed by atoms with Crippen LogP contribution in [0.4, 0.5) is 0 Å².